The third kappa shape index (κ3) is 3.82. The number of nitrogen functional groups attached to an aromatic ring is 1. The number of nitrogens with two attached hydrogens (primary N) is 1. The van der Waals surface area contributed by atoms with Crippen LogP contribution in [-0.4, -0.2) is 30.1 Å². The molecule has 5 heteroatoms. The maximum Gasteiger partial charge on any atom is 0.251 e. The van der Waals surface area contributed by atoms with Crippen LogP contribution in [0.4, 0.5) is 5.69 Å². The number of thioether (sulfide) groups is 1. The Hall–Kier alpha value is -1.36. The van der Waals surface area contributed by atoms with E-state index in [4.69, 9.17) is 10.5 Å². The molecule has 3 N–H and O–H groups in total. The Morgan fingerprint density at radius 1 is 1.45 bits per heavy atom. The van der Waals surface area contributed by atoms with E-state index >= 15 is 0 Å². The van der Waals surface area contributed by atoms with Crippen molar-refractivity contribution in [3.8, 4) is 5.75 Å². The number of carbonyl (C=O) groups is 1. The maximum atomic E-state index is 12.3. The molecule has 0 saturated heterocycles. The van der Waals surface area contributed by atoms with Crippen molar-refractivity contribution in [2.24, 2.45) is 0 Å². The van der Waals surface area contributed by atoms with Crippen LogP contribution in [0.5, 0.6) is 5.75 Å². The highest BCUT2D eigenvalue weighted by atomic mass is 32.2. The summed E-state index contributed by atoms with van der Waals surface area (Å²) in [5, 5.41) is 3.76. The Morgan fingerprint density at radius 3 is 2.90 bits per heavy atom. The summed E-state index contributed by atoms with van der Waals surface area (Å²) in [5.41, 5.74) is 6.94. The number of anilines is 1. The van der Waals surface area contributed by atoms with E-state index in [1.54, 1.807) is 18.2 Å². The minimum Gasteiger partial charge on any atom is -0.494 e. The van der Waals surface area contributed by atoms with E-state index in [1.807, 2.05) is 18.7 Å². The molecule has 1 fully saturated rings. The molecule has 2 atom stereocenters. The van der Waals surface area contributed by atoms with E-state index in [2.05, 4.69) is 11.6 Å². The Labute approximate surface area is 124 Å². The highest BCUT2D eigenvalue weighted by molar-refractivity contribution is 7.99. The molecule has 0 heterocycles. The van der Waals surface area contributed by atoms with Gasteiger partial charge in [-0.15, -0.1) is 0 Å². The summed E-state index contributed by atoms with van der Waals surface area (Å²) in [5.74, 6) is 0.580. The molecule has 1 aromatic rings. The molecule has 0 spiro atoms. The summed E-state index contributed by atoms with van der Waals surface area (Å²) in [4.78, 5) is 12.3. The van der Waals surface area contributed by atoms with Crippen molar-refractivity contribution >= 4 is 23.4 Å². The fourth-order valence-corrected chi connectivity index (χ4v) is 3.35. The predicted molar refractivity (Wildman–Crippen MR) is 84.4 cm³/mol. The highest BCUT2D eigenvalue weighted by Gasteiger charge is 2.25. The van der Waals surface area contributed by atoms with Crippen molar-refractivity contribution in [2.45, 2.75) is 37.5 Å². The Balaban J connectivity index is 2.02. The van der Waals surface area contributed by atoms with Gasteiger partial charge in [0.15, 0.2) is 0 Å². The third-order valence-corrected chi connectivity index (χ3v) is 4.65. The smallest absolute Gasteiger partial charge is 0.251 e. The van der Waals surface area contributed by atoms with Gasteiger partial charge in [0, 0.05) is 28.6 Å². The first kappa shape index (κ1) is 15.0. The van der Waals surface area contributed by atoms with Crippen LogP contribution in [0.1, 0.15) is 36.5 Å². The molecule has 20 heavy (non-hydrogen) atoms. The van der Waals surface area contributed by atoms with Gasteiger partial charge in [-0.1, -0.05) is 0 Å². The van der Waals surface area contributed by atoms with Gasteiger partial charge in [0.25, 0.3) is 5.91 Å². The average molecular weight is 294 g/mol. The number of ether oxygens (including phenoxy) is 1. The number of hydrogen-bond donors (Lipinski definition) is 2. The van der Waals surface area contributed by atoms with Crippen LogP contribution >= 0.6 is 11.8 Å². The summed E-state index contributed by atoms with van der Waals surface area (Å²) in [6.07, 6.45) is 5.40. The van der Waals surface area contributed by atoms with Crippen LogP contribution < -0.4 is 15.8 Å². The Bertz CT molecular complexity index is 479. The fourth-order valence-electron chi connectivity index (χ4n) is 2.56. The topological polar surface area (TPSA) is 64.3 Å². The van der Waals surface area contributed by atoms with E-state index in [1.165, 1.54) is 6.42 Å². The van der Waals surface area contributed by atoms with Gasteiger partial charge < -0.3 is 15.8 Å². The lowest BCUT2D eigenvalue weighted by molar-refractivity contribution is 0.0937. The summed E-state index contributed by atoms with van der Waals surface area (Å²) >= 11 is 1.88. The lowest BCUT2D eigenvalue weighted by atomic mass is 10.1. The maximum absolute atomic E-state index is 12.3. The predicted octanol–water partition coefficient (Wildman–Crippen LogP) is 2.68. The number of nitrogens with one attached hydrogen (secondary N) is 1. The van der Waals surface area contributed by atoms with Crippen molar-refractivity contribution in [1.29, 1.82) is 0 Å². The lowest BCUT2D eigenvalue weighted by Crippen LogP contribution is -2.33. The standard InChI is InChI=1S/C15H22N2O2S/c1-3-19-13-7-10(6-11(16)8-13)15(18)17-12-4-5-14(9-12)20-2/h6-8,12,14H,3-5,9,16H2,1-2H3,(H,17,18). The van der Waals surface area contributed by atoms with E-state index < -0.39 is 0 Å². The second-order valence-electron chi connectivity index (χ2n) is 5.06. The zero-order valence-electron chi connectivity index (χ0n) is 12.0. The molecule has 2 unspecified atom stereocenters. The van der Waals surface area contributed by atoms with E-state index in [9.17, 15) is 4.79 Å². The van der Waals surface area contributed by atoms with Gasteiger partial charge in [-0.2, -0.15) is 11.8 Å². The molecule has 0 aliphatic heterocycles. The molecule has 2 rings (SSSR count). The van der Waals surface area contributed by atoms with Crippen LogP contribution in [-0.2, 0) is 0 Å². The lowest BCUT2D eigenvalue weighted by Gasteiger charge is -2.14. The van der Waals surface area contributed by atoms with Crippen molar-refractivity contribution in [3.05, 3.63) is 23.8 Å². The van der Waals surface area contributed by atoms with Crippen LogP contribution in [0.15, 0.2) is 18.2 Å². The summed E-state index contributed by atoms with van der Waals surface area (Å²) in [7, 11) is 0. The minimum absolute atomic E-state index is 0.0648. The van der Waals surface area contributed by atoms with E-state index in [0.717, 1.165) is 12.8 Å². The number of rotatable bonds is 5. The van der Waals surface area contributed by atoms with E-state index in [-0.39, 0.29) is 11.9 Å². The quantitative estimate of drug-likeness (QED) is 0.820. The average Bonchev–Trinajstić information content (AvgIpc) is 2.86. The van der Waals surface area contributed by atoms with Crippen molar-refractivity contribution in [1.82, 2.24) is 5.32 Å². The monoisotopic (exact) mass is 294 g/mol. The van der Waals surface area contributed by atoms with Gasteiger partial charge in [0.2, 0.25) is 0 Å². The van der Waals surface area contributed by atoms with Crippen LogP contribution in [0.2, 0.25) is 0 Å². The van der Waals surface area contributed by atoms with Gasteiger partial charge in [-0.05, 0) is 44.6 Å². The molecule has 1 amide bonds. The third-order valence-electron chi connectivity index (χ3n) is 3.56. The molecule has 0 aromatic heterocycles. The van der Waals surface area contributed by atoms with Crippen molar-refractivity contribution in [2.75, 3.05) is 18.6 Å². The van der Waals surface area contributed by atoms with Crippen LogP contribution in [0, 0.1) is 0 Å². The number of carbonyl (C=O) groups excluding carboxylic acids is 1. The molecule has 4 nitrogen and oxygen atoms in total. The molecule has 1 aliphatic rings. The summed E-state index contributed by atoms with van der Waals surface area (Å²) < 4.78 is 5.42. The number of benzene rings is 1. The molecule has 110 valence electrons. The molecule has 1 aliphatic carbocycles. The SMILES string of the molecule is CCOc1cc(N)cc(C(=O)NC2CCC(SC)C2)c1. The van der Waals surface area contributed by atoms with Crippen molar-refractivity contribution in [3.63, 3.8) is 0 Å². The largest absolute Gasteiger partial charge is 0.494 e. The summed E-state index contributed by atoms with van der Waals surface area (Å²) in [6, 6.07) is 5.45. The Kier molecular flexibility index (Phi) is 5.17. The zero-order valence-corrected chi connectivity index (χ0v) is 12.8. The van der Waals surface area contributed by atoms with Gasteiger partial charge in [0.1, 0.15) is 5.75 Å². The number of hydrogen-bond acceptors (Lipinski definition) is 4. The van der Waals surface area contributed by atoms with Crippen LogP contribution in [0.25, 0.3) is 0 Å². The van der Waals surface area contributed by atoms with Crippen LogP contribution in [0.3, 0.4) is 0 Å². The fraction of sp³-hybridized carbons (Fsp3) is 0.533. The number of amides is 1. The van der Waals surface area contributed by atoms with Gasteiger partial charge in [-0.3, -0.25) is 4.79 Å². The summed E-state index contributed by atoms with van der Waals surface area (Å²) in [6.45, 7) is 2.46. The molecular weight excluding hydrogens is 272 g/mol. The second-order valence-corrected chi connectivity index (χ2v) is 6.20. The molecule has 1 saturated carbocycles. The molecule has 0 bridgehead atoms. The Morgan fingerprint density at radius 2 is 2.25 bits per heavy atom. The first-order valence-electron chi connectivity index (χ1n) is 6.99. The first-order chi connectivity index (χ1) is 9.62. The molecule has 0 radical (unpaired) electrons. The first-order valence-corrected chi connectivity index (χ1v) is 8.28. The van der Waals surface area contributed by atoms with Crippen molar-refractivity contribution < 1.29 is 9.53 Å². The van der Waals surface area contributed by atoms with Gasteiger partial charge in [0.05, 0.1) is 6.61 Å². The highest BCUT2D eigenvalue weighted by Crippen LogP contribution is 2.28. The van der Waals surface area contributed by atoms with E-state index in [0.29, 0.717) is 28.9 Å². The van der Waals surface area contributed by atoms with Gasteiger partial charge >= 0.3 is 0 Å². The molecule has 1 aromatic carbocycles. The molecular formula is C15H22N2O2S. The zero-order chi connectivity index (χ0) is 14.5. The second kappa shape index (κ2) is 6.88. The minimum atomic E-state index is -0.0648. The normalized spacial score (nSPS) is 21.7. The van der Waals surface area contributed by atoms with Gasteiger partial charge in [-0.25, -0.2) is 0 Å².